The number of ether oxygens (including phenoxy) is 1. The fraction of sp³-hybridized carbons (Fsp3) is 0.360. The fourth-order valence-corrected chi connectivity index (χ4v) is 4.76. The first-order valence-corrected chi connectivity index (χ1v) is 11.6. The van der Waals surface area contributed by atoms with E-state index in [2.05, 4.69) is 5.32 Å². The van der Waals surface area contributed by atoms with E-state index in [9.17, 15) is 19.2 Å². The highest BCUT2D eigenvalue weighted by Crippen LogP contribution is 2.33. The molecule has 3 heterocycles. The van der Waals surface area contributed by atoms with Crippen LogP contribution < -0.4 is 10.2 Å². The first kappa shape index (κ1) is 22.8. The van der Waals surface area contributed by atoms with Crippen LogP contribution in [0.1, 0.15) is 34.3 Å². The molecule has 2 aromatic carbocycles. The van der Waals surface area contributed by atoms with Crippen molar-refractivity contribution in [2.75, 3.05) is 31.1 Å². The van der Waals surface area contributed by atoms with Crippen LogP contribution in [0.3, 0.4) is 0 Å². The van der Waals surface area contributed by atoms with Gasteiger partial charge in [0.05, 0.1) is 5.69 Å². The molecule has 35 heavy (non-hydrogen) atoms. The summed E-state index contributed by atoms with van der Waals surface area (Å²) in [5.41, 5.74) is 2.14. The summed E-state index contributed by atoms with van der Waals surface area (Å²) in [6.45, 7) is 1.97. The van der Waals surface area contributed by atoms with E-state index < -0.39 is 29.8 Å². The van der Waals surface area contributed by atoms with Crippen LogP contribution in [0.2, 0.25) is 0 Å². The maximum atomic E-state index is 15.0. The summed E-state index contributed by atoms with van der Waals surface area (Å²) in [6.07, 6.45) is 0.00408. The topological polar surface area (TPSA) is 99.3 Å². The Hall–Kier alpha value is -3.95. The molecule has 3 aliphatic rings. The average molecular weight is 480 g/mol. The van der Waals surface area contributed by atoms with Gasteiger partial charge in [-0.2, -0.15) is 0 Å². The molecule has 10 heteroatoms. The van der Waals surface area contributed by atoms with Crippen molar-refractivity contribution < 1.29 is 28.3 Å². The molecule has 182 valence electrons. The van der Waals surface area contributed by atoms with Crippen LogP contribution in [-0.2, 0) is 27.5 Å². The van der Waals surface area contributed by atoms with Gasteiger partial charge in [-0.3, -0.25) is 19.7 Å². The number of nitrogens with one attached hydrogen (secondary N) is 1. The minimum atomic E-state index is -0.746. The molecule has 9 nitrogen and oxygen atoms in total. The maximum Gasteiger partial charge on any atom is 0.410 e. The predicted molar refractivity (Wildman–Crippen MR) is 123 cm³/mol. The first-order chi connectivity index (χ1) is 16.9. The molecule has 1 N–H and O–H groups in total. The van der Waals surface area contributed by atoms with E-state index in [4.69, 9.17) is 4.74 Å². The Morgan fingerprint density at radius 3 is 2.51 bits per heavy atom. The number of rotatable bonds is 4. The second kappa shape index (κ2) is 9.36. The molecule has 0 aromatic heterocycles. The molecule has 2 fully saturated rings. The molecule has 3 aliphatic heterocycles. The number of piperazine rings is 1. The van der Waals surface area contributed by atoms with E-state index in [-0.39, 0.29) is 37.5 Å². The van der Waals surface area contributed by atoms with E-state index in [1.807, 2.05) is 35.2 Å². The number of carbonyl (C=O) groups is 4. The van der Waals surface area contributed by atoms with Crippen molar-refractivity contribution in [1.82, 2.24) is 15.1 Å². The van der Waals surface area contributed by atoms with Crippen LogP contribution in [0.5, 0.6) is 0 Å². The number of benzene rings is 2. The van der Waals surface area contributed by atoms with Crippen molar-refractivity contribution in [1.29, 1.82) is 0 Å². The summed E-state index contributed by atoms with van der Waals surface area (Å²) in [4.78, 5) is 53.8. The minimum Gasteiger partial charge on any atom is -0.445 e. The van der Waals surface area contributed by atoms with Gasteiger partial charge in [-0.05, 0) is 29.7 Å². The number of imide groups is 1. The monoisotopic (exact) mass is 480 g/mol. The molecule has 0 aliphatic carbocycles. The highest BCUT2D eigenvalue weighted by atomic mass is 19.1. The Bertz CT molecular complexity index is 1180. The molecular formula is C25H25FN4O5. The molecule has 1 unspecified atom stereocenters. The van der Waals surface area contributed by atoms with E-state index in [1.54, 1.807) is 11.0 Å². The van der Waals surface area contributed by atoms with E-state index >= 15 is 4.39 Å². The minimum absolute atomic E-state index is 0.161. The molecule has 2 saturated heterocycles. The van der Waals surface area contributed by atoms with E-state index in [0.717, 1.165) is 5.56 Å². The lowest BCUT2D eigenvalue weighted by molar-refractivity contribution is -0.136. The number of anilines is 1. The molecule has 0 radical (unpaired) electrons. The summed E-state index contributed by atoms with van der Waals surface area (Å²) < 4.78 is 20.4. The molecule has 0 bridgehead atoms. The number of fused-ring (bicyclic) bond motifs is 1. The van der Waals surface area contributed by atoms with Crippen LogP contribution in [-0.4, -0.2) is 65.8 Å². The lowest BCUT2D eigenvalue weighted by Gasteiger charge is -2.35. The molecular weight excluding hydrogens is 455 g/mol. The van der Waals surface area contributed by atoms with E-state index in [0.29, 0.717) is 37.4 Å². The second-order valence-corrected chi connectivity index (χ2v) is 8.87. The Balaban J connectivity index is 1.22. The van der Waals surface area contributed by atoms with Crippen LogP contribution >= 0.6 is 0 Å². The van der Waals surface area contributed by atoms with Gasteiger partial charge >= 0.3 is 6.09 Å². The van der Waals surface area contributed by atoms with Crippen molar-refractivity contribution in [3.05, 3.63) is 65.0 Å². The molecule has 5 rings (SSSR count). The van der Waals surface area contributed by atoms with Gasteiger partial charge in [-0.15, -0.1) is 0 Å². The summed E-state index contributed by atoms with van der Waals surface area (Å²) in [5, 5.41) is 2.26. The third-order valence-corrected chi connectivity index (χ3v) is 6.67. The van der Waals surface area contributed by atoms with Gasteiger partial charge in [0.15, 0.2) is 0 Å². The van der Waals surface area contributed by atoms with E-state index in [1.165, 1.54) is 11.0 Å². The SMILES string of the molecule is O=C1CCC(N2Cc3cc(N4CCN(C(=O)OCc5ccccc5)CC4)c(F)cc3C2=O)C(=O)N1. The normalized spacial score (nSPS) is 20.1. The van der Waals surface area contributed by atoms with Gasteiger partial charge in [0.2, 0.25) is 11.8 Å². The quantitative estimate of drug-likeness (QED) is 0.673. The van der Waals surface area contributed by atoms with Crippen molar-refractivity contribution >= 4 is 29.5 Å². The van der Waals surface area contributed by atoms with Gasteiger partial charge in [-0.25, -0.2) is 9.18 Å². The Labute approximate surface area is 201 Å². The van der Waals surface area contributed by atoms with Gasteiger partial charge in [0, 0.05) is 44.7 Å². The van der Waals surface area contributed by atoms with Gasteiger partial charge < -0.3 is 19.4 Å². The molecule has 4 amide bonds. The van der Waals surface area contributed by atoms with Crippen LogP contribution in [0.25, 0.3) is 0 Å². The first-order valence-electron chi connectivity index (χ1n) is 11.6. The van der Waals surface area contributed by atoms with Crippen molar-refractivity contribution in [3.8, 4) is 0 Å². The van der Waals surface area contributed by atoms with Crippen molar-refractivity contribution in [3.63, 3.8) is 0 Å². The Kier molecular flexibility index (Phi) is 6.10. The maximum absolute atomic E-state index is 15.0. The van der Waals surface area contributed by atoms with Crippen LogP contribution in [0.4, 0.5) is 14.9 Å². The second-order valence-electron chi connectivity index (χ2n) is 8.87. The summed E-state index contributed by atoms with van der Waals surface area (Å²) in [7, 11) is 0. The predicted octanol–water partition coefficient (Wildman–Crippen LogP) is 2.05. The smallest absolute Gasteiger partial charge is 0.410 e. The van der Waals surface area contributed by atoms with Crippen LogP contribution in [0.15, 0.2) is 42.5 Å². The molecule has 1 atom stereocenters. The zero-order valence-corrected chi connectivity index (χ0v) is 19.0. The molecule has 0 spiro atoms. The zero-order chi connectivity index (χ0) is 24.5. The molecule has 0 saturated carbocycles. The third-order valence-electron chi connectivity index (χ3n) is 6.67. The van der Waals surface area contributed by atoms with Gasteiger partial charge in [0.25, 0.3) is 5.91 Å². The number of nitrogens with zero attached hydrogens (tertiary/aromatic N) is 3. The lowest BCUT2D eigenvalue weighted by Crippen LogP contribution is -2.52. The Morgan fingerprint density at radius 2 is 1.80 bits per heavy atom. The number of carbonyl (C=O) groups excluding carboxylic acids is 4. The highest BCUT2D eigenvalue weighted by molar-refractivity contribution is 6.05. The highest BCUT2D eigenvalue weighted by Gasteiger charge is 2.40. The number of hydrogen-bond donors (Lipinski definition) is 1. The summed E-state index contributed by atoms with van der Waals surface area (Å²) >= 11 is 0. The number of amides is 4. The zero-order valence-electron chi connectivity index (χ0n) is 19.0. The summed E-state index contributed by atoms with van der Waals surface area (Å²) in [5.74, 6) is -1.79. The summed E-state index contributed by atoms with van der Waals surface area (Å²) in [6, 6.07) is 11.5. The average Bonchev–Trinajstić information content (AvgIpc) is 3.18. The number of hydrogen-bond acceptors (Lipinski definition) is 6. The fourth-order valence-electron chi connectivity index (χ4n) is 4.76. The van der Waals surface area contributed by atoms with Gasteiger partial charge in [-0.1, -0.05) is 30.3 Å². The largest absolute Gasteiger partial charge is 0.445 e. The number of halogens is 1. The third kappa shape index (κ3) is 4.55. The van der Waals surface area contributed by atoms with Gasteiger partial charge in [0.1, 0.15) is 18.5 Å². The molecule has 2 aromatic rings. The Morgan fingerprint density at radius 1 is 1.06 bits per heavy atom. The standard InChI is InChI=1S/C25H25FN4O5/c26-19-13-18-17(14-30(24(18)33)20-6-7-22(31)27-23(20)32)12-21(19)28-8-10-29(11-9-28)25(34)35-15-16-4-2-1-3-5-16/h1-5,12-13,20H,6-11,14-15H2,(H,27,31,32). The van der Waals surface area contributed by atoms with Crippen LogP contribution in [0, 0.1) is 5.82 Å². The van der Waals surface area contributed by atoms with Crippen molar-refractivity contribution in [2.45, 2.75) is 32.0 Å². The number of piperidine rings is 1. The van der Waals surface area contributed by atoms with Crippen molar-refractivity contribution in [2.24, 2.45) is 0 Å². The lowest BCUT2D eigenvalue weighted by atomic mass is 10.0.